The number of fused-ring (bicyclic) bond motifs is 1. The average molecular weight is 488 g/mol. The molecular formula is C21H22F6N6O. The van der Waals surface area contributed by atoms with E-state index in [-0.39, 0.29) is 17.7 Å². The highest BCUT2D eigenvalue weighted by atomic mass is 19.4. The second kappa shape index (κ2) is 8.51. The first-order valence-electron chi connectivity index (χ1n) is 10.5. The zero-order valence-corrected chi connectivity index (χ0v) is 18.3. The maximum Gasteiger partial charge on any atom is 0.434 e. The molecule has 3 aromatic heterocycles. The molecule has 1 amide bonds. The Morgan fingerprint density at radius 2 is 1.76 bits per heavy atom. The molecule has 1 aliphatic rings. The summed E-state index contributed by atoms with van der Waals surface area (Å²) in [4.78, 5) is 18.0. The number of pyridine rings is 1. The van der Waals surface area contributed by atoms with Crippen molar-refractivity contribution in [1.29, 1.82) is 0 Å². The van der Waals surface area contributed by atoms with Crippen LogP contribution in [0, 0.1) is 0 Å². The van der Waals surface area contributed by atoms with Crippen LogP contribution in [0.2, 0.25) is 0 Å². The van der Waals surface area contributed by atoms with Crippen LogP contribution in [0.3, 0.4) is 0 Å². The third-order valence-corrected chi connectivity index (χ3v) is 6.15. The molecular weight excluding hydrogens is 466 g/mol. The summed E-state index contributed by atoms with van der Waals surface area (Å²) in [5.41, 5.74) is -2.44. The van der Waals surface area contributed by atoms with Gasteiger partial charge in [0.15, 0.2) is 11.4 Å². The molecule has 1 fully saturated rings. The second-order valence-corrected chi connectivity index (χ2v) is 8.35. The van der Waals surface area contributed by atoms with E-state index in [2.05, 4.69) is 15.4 Å². The first-order valence-corrected chi connectivity index (χ1v) is 10.5. The number of nitrogens with zero attached hydrogens (tertiary/aromatic N) is 5. The van der Waals surface area contributed by atoms with Gasteiger partial charge in [-0.2, -0.15) is 31.4 Å². The number of hydrogen-bond acceptors (Lipinski definition) is 4. The maximum atomic E-state index is 13.2. The molecule has 3 aromatic rings. The highest BCUT2D eigenvalue weighted by Crippen LogP contribution is 2.33. The van der Waals surface area contributed by atoms with Crippen LogP contribution in [0.15, 0.2) is 30.6 Å². The molecule has 0 unspecified atom stereocenters. The van der Waals surface area contributed by atoms with Crippen LogP contribution in [0.4, 0.5) is 32.2 Å². The van der Waals surface area contributed by atoms with Gasteiger partial charge in [0.25, 0.3) is 5.91 Å². The minimum absolute atomic E-state index is 0.0281. The van der Waals surface area contributed by atoms with Crippen molar-refractivity contribution in [2.45, 2.75) is 50.1 Å². The number of aromatic nitrogens is 4. The molecule has 0 bridgehead atoms. The van der Waals surface area contributed by atoms with Gasteiger partial charge in [0.05, 0.1) is 11.8 Å². The number of amides is 1. The van der Waals surface area contributed by atoms with Gasteiger partial charge in [0.2, 0.25) is 0 Å². The lowest BCUT2D eigenvalue weighted by molar-refractivity contribution is -0.144. The number of hydrogen-bond donors (Lipinski definition) is 1. The van der Waals surface area contributed by atoms with Crippen molar-refractivity contribution in [2.24, 2.45) is 7.05 Å². The van der Waals surface area contributed by atoms with Gasteiger partial charge in [-0.25, -0.2) is 4.98 Å². The van der Waals surface area contributed by atoms with Gasteiger partial charge in [-0.15, -0.1) is 0 Å². The van der Waals surface area contributed by atoms with Gasteiger partial charge in [0, 0.05) is 32.4 Å². The number of rotatable bonds is 4. The Morgan fingerprint density at radius 3 is 2.38 bits per heavy atom. The monoisotopic (exact) mass is 488 g/mol. The molecule has 1 N–H and O–H groups in total. The summed E-state index contributed by atoms with van der Waals surface area (Å²) >= 11 is 0. The standard InChI is InChI=1S/C21H22F6N6O/c1-31(17-5-3-4-16-30-15(11-33(16)17)20(22,23)24)13-8-6-12(7-9-13)29-19(34)14-10-28-32(2)18(14)21(25,26)27/h3-5,10-13H,6-9H2,1-2H3,(H,29,34). The molecule has 0 spiro atoms. The van der Waals surface area contributed by atoms with Gasteiger partial charge in [-0.1, -0.05) is 6.07 Å². The number of alkyl halides is 6. The largest absolute Gasteiger partial charge is 0.434 e. The van der Waals surface area contributed by atoms with E-state index in [9.17, 15) is 31.1 Å². The second-order valence-electron chi connectivity index (χ2n) is 8.35. The zero-order valence-electron chi connectivity index (χ0n) is 18.3. The summed E-state index contributed by atoms with van der Waals surface area (Å²) in [6.07, 6.45) is -5.20. The topological polar surface area (TPSA) is 67.5 Å². The Morgan fingerprint density at radius 1 is 1.09 bits per heavy atom. The van der Waals surface area contributed by atoms with E-state index in [1.54, 1.807) is 19.2 Å². The third kappa shape index (κ3) is 4.55. The van der Waals surface area contributed by atoms with Gasteiger partial charge < -0.3 is 10.2 Å². The van der Waals surface area contributed by atoms with Crippen LogP contribution in [0.25, 0.3) is 5.65 Å². The molecule has 34 heavy (non-hydrogen) atoms. The zero-order chi connectivity index (χ0) is 24.8. The van der Waals surface area contributed by atoms with Crippen molar-refractivity contribution in [2.75, 3.05) is 11.9 Å². The number of halogens is 6. The van der Waals surface area contributed by atoms with Crippen molar-refractivity contribution in [3.05, 3.63) is 47.5 Å². The molecule has 0 atom stereocenters. The predicted molar refractivity (Wildman–Crippen MR) is 110 cm³/mol. The van der Waals surface area contributed by atoms with E-state index in [4.69, 9.17) is 0 Å². The number of carbonyl (C=O) groups is 1. The third-order valence-electron chi connectivity index (χ3n) is 6.15. The number of anilines is 1. The quantitative estimate of drug-likeness (QED) is 0.557. The summed E-state index contributed by atoms with van der Waals surface area (Å²) in [6, 6.07) is 4.47. The molecule has 1 saturated carbocycles. The lowest BCUT2D eigenvalue weighted by Gasteiger charge is -2.36. The van der Waals surface area contributed by atoms with E-state index in [0.29, 0.717) is 36.2 Å². The summed E-state index contributed by atoms with van der Waals surface area (Å²) in [5.74, 6) is -0.293. The van der Waals surface area contributed by atoms with Crippen molar-refractivity contribution in [3.63, 3.8) is 0 Å². The number of carbonyl (C=O) groups excluding carboxylic acids is 1. The molecule has 184 valence electrons. The fourth-order valence-electron chi connectivity index (χ4n) is 4.42. The Kier molecular flexibility index (Phi) is 5.98. The van der Waals surface area contributed by atoms with E-state index < -0.39 is 35.2 Å². The lowest BCUT2D eigenvalue weighted by atomic mass is 9.90. The van der Waals surface area contributed by atoms with E-state index in [0.717, 1.165) is 19.4 Å². The highest BCUT2D eigenvalue weighted by Gasteiger charge is 2.40. The fraction of sp³-hybridized carbons (Fsp3) is 0.476. The molecule has 13 heteroatoms. The van der Waals surface area contributed by atoms with Crippen LogP contribution in [0.5, 0.6) is 0 Å². The van der Waals surface area contributed by atoms with Gasteiger partial charge in [-0.05, 0) is 37.8 Å². The fourth-order valence-corrected chi connectivity index (χ4v) is 4.42. The molecule has 0 aliphatic heterocycles. The van der Waals surface area contributed by atoms with E-state index in [1.807, 2.05) is 4.90 Å². The minimum Gasteiger partial charge on any atom is -0.358 e. The minimum atomic E-state index is -4.71. The Labute approximate surface area is 190 Å². The van der Waals surface area contributed by atoms with Gasteiger partial charge in [-0.3, -0.25) is 13.9 Å². The lowest BCUT2D eigenvalue weighted by Crippen LogP contribution is -2.43. The summed E-state index contributed by atoms with van der Waals surface area (Å²) in [5, 5.41) is 6.22. The Balaban J connectivity index is 1.43. The SMILES string of the molecule is CN(c1cccc2nc(C(F)(F)F)cn12)C1CCC(NC(=O)c2cnn(C)c2C(F)(F)F)CC1. The van der Waals surface area contributed by atoms with Crippen LogP contribution in [0.1, 0.15) is 47.4 Å². The summed E-state index contributed by atoms with van der Waals surface area (Å²) < 4.78 is 81.0. The van der Waals surface area contributed by atoms with Crippen LogP contribution in [-0.4, -0.2) is 44.2 Å². The normalized spacial score (nSPS) is 19.4. The summed E-state index contributed by atoms with van der Waals surface area (Å²) in [6.45, 7) is 0. The Hall–Kier alpha value is -3.25. The predicted octanol–water partition coefficient (Wildman–Crippen LogP) is 4.28. The Bertz CT molecular complexity index is 1190. The molecule has 0 saturated heterocycles. The number of aryl methyl sites for hydroxylation is 1. The highest BCUT2D eigenvalue weighted by molar-refractivity contribution is 5.95. The van der Waals surface area contributed by atoms with Gasteiger partial charge in [0.1, 0.15) is 11.5 Å². The smallest absolute Gasteiger partial charge is 0.358 e. The maximum absolute atomic E-state index is 13.2. The number of imidazole rings is 1. The first kappa shape index (κ1) is 23.9. The van der Waals surface area contributed by atoms with E-state index in [1.165, 1.54) is 10.5 Å². The average Bonchev–Trinajstić information content (AvgIpc) is 3.37. The summed E-state index contributed by atoms with van der Waals surface area (Å²) in [7, 11) is 2.90. The molecule has 4 rings (SSSR count). The molecule has 3 heterocycles. The molecule has 0 radical (unpaired) electrons. The van der Waals surface area contributed by atoms with Crippen molar-refractivity contribution in [3.8, 4) is 0 Å². The van der Waals surface area contributed by atoms with Crippen molar-refractivity contribution in [1.82, 2.24) is 24.5 Å². The van der Waals surface area contributed by atoms with Crippen LogP contribution in [-0.2, 0) is 19.4 Å². The van der Waals surface area contributed by atoms with Gasteiger partial charge >= 0.3 is 12.4 Å². The molecule has 7 nitrogen and oxygen atoms in total. The van der Waals surface area contributed by atoms with Crippen molar-refractivity contribution >= 4 is 17.4 Å². The van der Waals surface area contributed by atoms with E-state index >= 15 is 0 Å². The van der Waals surface area contributed by atoms with Crippen molar-refractivity contribution < 1.29 is 31.1 Å². The molecule has 1 aliphatic carbocycles. The van der Waals surface area contributed by atoms with Crippen LogP contribution < -0.4 is 10.2 Å². The van der Waals surface area contributed by atoms with Crippen LogP contribution >= 0.6 is 0 Å². The first-order chi connectivity index (χ1) is 15.9. The molecule has 0 aromatic carbocycles. The number of nitrogens with one attached hydrogen (secondary N) is 1.